The molecule has 0 aliphatic rings. The molecule has 21 heavy (non-hydrogen) atoms. The topological polar surface area (TPSA) is 70.1 Å². The summed E-state index contributed by atoms with van der Waals surface area (Å²) in [6.07, 6.45) is 0.752. The molecule has 0 aliphatic carbocycles. The van der Waals surface area contributed by atoms with Crippen LogP contribution in [0.3, 0.4) is 0 Å². The fourth-order valence-electron chi connectivity index (χ4n) is 2.32. The van der Waals surface area contributed by atoms with Crippen molar-refractivity contribution < 1.29 is 5.11 Å². The fourth-order valence-corrected chi connectivity index (χ4v) is 2.32. The highest BCUT2D eigenvalue weighted by Gasteiger charge is 2.22. The first-order valence-corrected chi connectivity index (χ1v) is 7.82. The highest BCUT2D eigenvalue weighted by molar-refractivity contribution is 5.48. The van der Waals surface area contributed by atoms with Gasteiger partial charge in [0.25, 0.3) is 0 Å². The molecule has 1 aromatic heterocycles. The van der Waals surface area contributed by atoms with E-state index in [0.717, 1.165) is 30.4 Å². The van der Waals surface area contributed by atoms with Crippen molar-refractivity contribution in [1.29, 1.82) is 0 Å². The van der Waals surface area contributed by atoms with Crippen molar-refractivity contribution in [3.05, 3.63) is 11.9 Å². The predicted molar refractivity (Wildman–Crippen MR) is 88.9 cm³/mol. The molecule has 1 heterocycles. The van der Waals surface area contributed by atoms with Crippen LogP contribution in [0.2, 0.25) is 0 Å². The number of hydrogen-bond acceptors (Lipinski definition) is 5. The van der Waals surface area contributed by atoms with Crippen molar-refractivity contribution >= 4 is 11.6 Å². The van der Waals surface area contributed by atoms with E-state index in [-0.39, 0.29) is 5.92 Å². The molecule has 5 heteroatoms. The second kappa shape index (κ2) is 7.59. The molecule has 0 spiro atoms. The van der Waals surface area contributed by atoms with E-state index in [1.165, 1.54) is 0 Å². The third kappa shape index (κ3) is 6.29. The zero-order valence-electron chi connectivity index (χ0n) is 14.2. The predicted octanol–water partition coefficient (Wildman–Crippen LogP) is 3.24. The first-order chi connectivity index (χ1) is 9.73. The molecule has 0 saturated carbocycles. The Balaban J connectivity index is 2.82. The molecule has 0 saturated heterocycles. The summed E-state index contributed by atoms with van der Waals surface area (Å²) < 4.78 is 0. The van der Waals surface area contributed by atoms with Crippen LogP contribution in [0.4, 0.5) is 11.6 Å². The van der Waals surface area contributed by atoms with E-state index in [1.54, 1.807) is 0 Å². The minimum Gasteiger partial charge on any atom is -0.388 e. The van der Waals surface area contributed by atoms with Crippen molar-refractivity contribution in [1.82, 2.24) is 9.97 Å². The Morgan fingerprint density at radius 1 is 1.14 bits per heavy atom. The van der Waals surface area contributed by atoms with E-state index in [9.17, 15) is 5.11 Å². The van der Waals surface area contributed by atoms with Crippen LogP contribution in [0.15, 0.2) is 6.07 Å². The van der Waals surface area contributed by atoms with Gasteiger partial charge in [0, 0.05) is 25.1 Å². The molecule has 120 valence electrons. The van der Waals surface area contributed by atoms with Crippen LogP contribution in [0.1, 0.15) is 59.7 Å². The molecule has 0 radical (unpaired) electrons. The summed E-state index contributed by atoms with van der Waals surface area (Å²) >= 11 is 0. The van der Waals surface area contributed by atoms with Crippen molar-refractivity contribution in [2.45, 2.75) is 59.5 Å². The van der Waals surface area contributed by atoms with Crippen LogP contribution in [0, 0.1) is 5.92 Å². The molecule has 0 aromatic carbocycles. The van der Waals surface area contributed by atoms with Crippen LogP contribution < -0.4 is 10.6 Å². The smallest absolute Gasteiger partial charge is 0.135 e. The standard InChI is InChI=1S/C16H30N4O/c1-7-17-13-8-14(20-15(19-13)12(4)5)18-10-16(6,21)9-11(2)3/h8,11-12,21H,7,9-10H2,1-6H3,(H2,17,18,19,20). The number of anilines is 2. The van der Waals surface area contributed by atoms with Gasteiger partial charge in [0.15, 0.2) is 0 Å². The van der Waals surface area contributed by atoms with Gasteiger partial charge in [-0.3, -0.25) is 0 Å². The third-order valence-corrected chi connectivity index (χ3v) is 3.12. The van der Waals surface area contributed by atoms with E-state index in [0.29, 0.717) is 12.5 Å². The van der Waals surface area contributed by atoms with Crippen LogP contribution in [0.25, 0.3) is 0 Å². The van der Waals surface area contributed by atoms with Crippen molar-refractivity contribution in [3.63, 3.8) is 0 Å². The second-order valence-electron chi connectivity index (χ2n) is 6.63. The van der Waals surface area contributed by atoms with Crippen LogP contribution in [-0.4, -0.2) is 33.8 Å². The van der Waals surface area contributed by atoms with Gasteiger partial charge in [-0.15, -0.1) is 0 Å². The maximum absolute atomic E-state index is 10.4. The normalized spacial score (nSPS) is 14.3. The van der Waals surface area contributed by atoms with Crippen molar-refractivity contribution in [2.24, 2.45) is 5.92 Å². The molecular formula is C16H30N4O. The average molecular weight is 294 g/mol. The maximum Gasteiger partial charge on any atom is 0.135 e. The first kappa shape index (κ1) is 17.7. The van der Waals surface area contributed by atoms with Crippen molar-refractivity contribution in [2.75, 3.05) is 23.7 Å². The third-order valence-electron chi connectivity index (χ3n) is 3.12. The maximum atomic E-state index is 10.4. The van der Waals surface area contributed by atoms with Gasteiger partial charge in [-0.2, -0.15) is 0 Å². The van der Waals surface area contributed by atoms with Gasteiger partial charge in [-0.05, 0) is 26.2 Å². The molecule has 3 N–H and O–H groups in total. The lowest BCUT2D eigenvalue weighted by Crippen LogP contribution is -2.35. The molecule has 1 unspecified atom stereocenters. The molecule has 0 fully saturated rings. The quantitative estimate of drug-likeness (QED) is 0.686. The van der Waals surface area contributed by atoms with E-state index in [1.807, 2.05) is 19.9 Å². The monoisotopic (exact) mass is 294 g/mol. The van der Waals surface area contributed by atoms with E-state index >= 15 is 0 Å². The number of hydrogen-bond donors (Lipinski definition) is 3. The lowest BCUT2D eigenvalue weighted by atomic mass is 9.94. The minimum atomic E-state index is -0.741. The van der Waals surface area contributed by atoms with Gasteiger partial charge in [-0.1, -0.05) is 27.7 Å². The largest absolute Gasteiger partial charge is 0.388 e. The summed E-state index contributed by atoms with van der Waals surface area (Å²) in [7, 11) is 0. The zero-order chi connectivity index (χ0) is 16.0. The SMILES string of the molecule is CCNc1cc(NCC(C)(O)CC(C)C)nc(C(C)C)n1. The Morgan fingerprint density at radius 3 is 2.19 bits per heavy atom. The van der Waals surface area contributed by atoms with Gasteiger partial charge in [0.1, 0.15) is 17.5 Å². The molecule has 1 atom stereocenters. The Bertz CT molecular complexity index is 444. The number of nitrogens with zero attached hydrogens (tertiary/aromatic N) is 2. The molecule has 0 aliphatic heterocycles. The summed E-state index contributed by atoms with van der Waals surface area (Å²) in [5.41, 5.74) is -0.741. The first-order valence-electron chi connectivity index (χ1n) is 7.82. The van der Waals surface area contributed by atoms with Gasteiger partial charge in [-0.25, -0.2) is 9.97 Å². The Morgan fingerprint density at radius 2 is 1.71 bits per heavy atom. The van der Waals surface area contributed by atoms with E-state index < -0.39 is 5.60 Å². The van der Waals surface area contributed by atoms with Crippen molar-refractivity contribution in [3.8, 4) is 0 Å². The minimum absolute atomic E-state index is 0.264. The highest BCUT2D eigenvalue weighted by atomic mass is 16.3. The zero-order valence-corrected chi connectivity index (χ0v) is 14.2. The van der Waals surface area contributed by atoms with Gasteiger partial charge < -0.3 is 15.7 Å². The van der Waals surface area contributed by atoms with Crippen LogP contribution >= 0.6 is 0 Å². The molecule has 1 aromatic rings. The molecular weight excluding hydrogens is 264 g/mol. The second-order valence-corrected chi connectivity index (χ2v) is 6.63. The summed E-state index contributed by atoms with van der Waals surface area (Å²) in [4.78, 5) is 9.01. The van der Waals surface area contributed by atoms with Crippen LogP contribution in [0.5, 0.6) is 0 Å². The fraction of sp³-hybridized carbons (Fsp3) is 0.750. The van der Waals surface area contributed by atoms with E-state index in [4.69, 9.17) is 0 Å². The molecule has 1 rings (SSSR count). The molecule has 0 bridgehead atoms. The van der Waals surface area contributed by atoms with Crippen LogP contribution in [-0.2, 0) is 0 Å². The lowest BCUT2D eigenvalue weighted by molar-refractivity contribution is 0.0514. The summed E-state index contributed by atoms with van der Waals surface area (Å²) in [6.45, 7) is 13.6. The van der Waals surface area contributed by atoms with E-state index in [2.05, 4.69) is 48.3 Å². The van der Waals surface area contributed by atoms with Gasteiger partial charge in [0.05, 0.1) is 5.60 Å². The highest BCUT2D eigenvalue weighted by Crippen LogP contribution is 2.20. The number of nitrogens with one attached hydrogen (secondary N) is 2. The summed E-state index contributed by atoms with van der Waals surface area (Å²) in [5.74, 6) is 3.10. The molecule has 0 amide bonds. The number of aliphatic hydroxyl groups is 1. The Labute approximate surface area is 128 Å². The lowest BCUT2D eigenvalue weighted by Gasteiger charge is -2.26. The number of aromatic nitrogens is 2. The summed E-state index contributed by atoms with van der Waals surface area (Å²) in [6, 6.07) is 1.89. The van der Waals surface area contributed by atoms with Gasteiger partial charge in [0.2, 0.25) is 0 Å². The Kier molecular flexibility index (Phi) is 6.40. The summed E-state index contributed by atoms with van der Waals surface area (Å²) in [5, 5.41) is 16.8. The molecule has 5 nitrogen and oxygen atoms in total. The van der Waals surface area contributed by atoms with Gasteiger partial charge >= 0.3 is 0 Å². The average Bonchev–Trinajstić information content (AvgIpc) is 2.35. The number of rotatable bonds is 8. The Hall–Kier alpha value is -1.36.